The van der Waals surface area contributed by atoms with Gasteiger partial charge in [0.15, 0.2) is 0 Å². The molecule has 0 amide bonds. The van der Waals surface area contributed by atoms with Crippen molar-refractivity contribution in [2.45, 2.75) is 111 Å². The van der Waals surface area contributed by atoms with Crippen molar-refractivity contribution in [3.05, 3.63) is 70.0 Å². The predicted octanol–water partition coefficient (Wildman–Crippen LogP) is 9.11. The quantitative estimate of drug-likeness (QED) is 0.367. The summed E-state index contributed by atoms with van der Waals surface area (Å²) >= 11 is 0. The number of pyridine rings is 1. The number of fused-ring (bicyclic) bond motifs is 4. The molecule has 1 spiro atoms. The molecule has 5 rings (SSSR count). The van der Waals surface area contributed by atoms with Gasteiger partial charge in [0.05, 0.1) is 28.6 Å². The Labute approximate surface area is 242 Å². The van der Waals surface area contributed by atoms with E-state index in [0.29, 0.717) is 31.6 Å². The largest absolute Gasteiger partial charge is 0.416 e. The molecule has 3 aliphatic rings. The van der Waals surface area contributed by atoms with E-state index < -0.39 is 29.0 Å². The highest BCUT2D eigenvalue weighted by atomic mass is 19.4. The molecule has 0 saturated carbocycles. The SMILES string of the molecule is C=C(C)c1nc2c(c3c1[C@@H](c1ccc(C(F)(F)F)cc1)OC31CCOCC1)[C@@H](OC(C)(C)C(C)(C)C)CC(C)(C)C2. The van der Waals surface area contributed by atoms with Crippen LogP contribution in [0.1, 0.15) is 126 Å². The minimum Gasteiger partial charge on any atom is -0.381 e. The molecule has 2 atom stereocenters. The normalized spacial score (nSPS) is 23.8. The number of alkyl halides is 3. The summed E-state index contributed by atoms with van der Waals surface area (Å²) < 4.78 is 60.2. The third kappa shape index (κ3) is 5.38. The molecular formula is C34H44F3NO3. The number of nitrogens with zero attached hydrogens (tertiary/aromatic N) is 1. The summed E-state index contributed by atoms with van der Waals surface area (Å²) in [4.78, 5) is 5.26. The Bertz CT molecular complexity index is 1330. The maximum absolute atomic E-state index is 13.4. The fraction of sp³-hybridized carbons (Fsp3) is 0.618. The molecule has 0 N–H and O–H groups in total. The van der Waals surface area contributed by atoms with E-state index in [-0.39, 0.29) is 16.9 Å². The number of hydrogen-bond acceptors (Lipinski definition) is 4. The van der Waals surface area contributed by atoms with Crippen molar-refractivity contribution in [3.63, 3.8) is 0 Å². The van der Waals surface area contributed by atoms with E-state index in [4.69, 9.17) is 19.2 Å². The topological polar surface area (TPSA) is 40.6 Å². The fourth-order valence-corrected chi connectivity index (χ4v) is 6.47. The number of halogens is 3. The van der Waals surface area contributed by atoms with E-state index in [1.165, 1.54) is 12.1 Å². The summed E-state index contributed by atoms with van der Waals surface area (Å²) in [6, 6.07) is 5.36. The van der Waals surface area contributed by atoms with Crippen molar-refractivity contribution < 1.29 is 27.4 Å². The van der Waals surface area contributed by atoms with Gasteiger partial charge in [0.25, 0.3) is 0 Å². The lowest BCUT2D eigenvalue weighted by Crippen LogP contribution is -2.43. The molecule has 224 valence electrons. The first-order valence-corrected chi connectivity index (χ1v) is 14.7. The van der Waals surface area contributed by atoms with Gasteiger partial charge in [-0.2, -0.15) is 13.2 Å². The number of benzene rings is 1. The standard InChI is InChI=1S/C34H44F3NO3/c1-20(2)28-26-27(25-23(38-28)18-31(6,7)19-24(25)40-32(8,9)30(3,4)5)33(14-16-39-17-15-33)41-29(26)21-10-12-22(13-11-21)34(35,36)37/h10-13,24,29H,1,14-19H2,2-9H3/t24-,29+/m0/s1. The Morgan fingerprint density at radius 3 is 2.15 bits per heavy atom. The average Bonchev–Trinajstić information content (AvgIpc) is 3.15. The number of allylic oxidation sites excluding steroid dienone is 1. The second-order valence-electron chi connectivity index (χ2n) is 14.5. The van der Waals surface area contributed by atoms with Crippen LogP contribution in [-0.2, 0) is 32.4 Å². The maximum Gasteiger partial charge on any atom is 0.416 e. The van der Waals surface area contributed by atoms with Gasteiger partial charge in [-0.25, -0.2) is 0 Å². The molecule has 1 saturated heterocycles. The second-order valence-corrected chi connectivity index (χ2v) is 14.5. The fourth-order valence-electron chi connectivity index (χ4n) is 6.47. The van der Waals surface area contributed by atoms with Crippen LogP contribution in [0.3, 0.4) is 0 Å². The Kier molecular flexibility index (Phi) is 7.32. The van der Waals surface area contributed by atoms with Gasteiger partial charge >= 0.3 is 6.18 Å². The summed E-state index contributed by atoms with van der Waals surface area (Å²) in [6.07, 6.45) is -2.25. The molecule has 3 heterocycles. The monoisotopic (exact) mass is 571 g/mol. The van der Waals surface area contributed by atoms with E-state index in [1.54, 1.807) is 0 Å². The molecule has 0 radical (unpaired) electrons. The zero-order chi connectivity index (χ0) is 30.2. The minimum atomic E-state index is -4.41. The van der Waals surface area contributed by atoms with Gasteiger partial charge in [-0.1, -0.05) is 53.3 Å². The molecule has 4 nitrogen and oxygen atoms in total. The summed E-state index contributed by atoms with van der Waals surface area (Å²) in [5, 5.41) is 0. The van der Waals surface area contributed by atoms with E-state index in [1.807, 2.05) is 6.92 Å². The lowest BCUT2D eigenvalue weighted by atomic mass is 9.69. The summed E-state index contributed by atoms with van der Waals surface area (Å²) in [6.45, 7) is 22.7. The first-order chi connectivity index (χ1) is 18.9. The first-order valence-electron chi connectivity index (χ1n) is 14.7. The lowest BCUT2D eigenvalue weighted by molar-refractivity contribution is -0.149. The number of hydrogen-bond donors (Lipinski definition) is 0. The van der Waals surface area contributed by atoms with Gasteiger partial charge in [-0.3, -0.25) is 4.98 Å². The Balaban J connectivity index is 1.77. The van der Waals surface area contributed by atoms with Gasteiger partial charge < -0.3 is 14.2 Å². The second kappa shape index (κ2) is 9.92. The van der Waals surface area contributed by atoms with E-state index in [9.17, 15) is 13.2 Å². The Morgan fingerprint density at radius 1 is 1.00 bits per heavy atom. The number of rotatable bonds is 4. The molecule has 1 aromatic heterocycles. The predicted molar refractivity (Wildman–Crippen MR) is 155 cm³/mol. The molecule has 0 bridgehead atoms. The molecule has 1 aromatic carbocycles. The van der Waals surface area contributed by atoms with Crippen molar-refractivity contribution in [2.24, 2.45) is 10.8 Å². The van der Waals surface area contributed by atoms with Gasteiger partial charge in [0.2, 0.25) is 0 Å². The van der Waals surface area contributed by atoms with Crippen LogP contribution in [0.15, 0.2) is 30.8 Å². The lowest BCUT2D eigenvalue weighted by Gasteiger charge is -2.47. The molecule has 0 unspecified atom stereocenters. The highest BCUT2D eigenvalue weighted by molar-refractivity contribution is 5.68. The molecule has 7 heteroatoms. The van der Waals surface area contributed by atoms with Crippen molar-refractivity contribution >= 4 is 5.57 Å². The van der Waals surface area contributed by atoms with Gasteiger partial charge in [-0.05, 0) is 73.3 Å². The number of aromatic nitrogens is 1. The van der Waals surface area contributed by atoms with Crippen molar-refractivity contribution in [3.8, 4) is 0 Å². The molecule has 2 aliphatic heterocycles. The average molecular weight is 572 g/mol. The highest BCUT2D eigenvalue weighted by Gasteiger charge is 2.53. The Hall–Kier alpha value is -2.22. The molecular weight excluding hydrogens is 527 g/mol. The van der Waals surface area contributed by atoms with Gasteiger partial charge in [0, 0.05) is 42.9 Å². The zero-order valence-electron chi connectivity index (χ0n) is 25.7. The van der Waals surface area contributed by atoms with Crippen molar-refractivity contribution in [1.29, 1.82) is 0 Å². The molecule has 2 aromatic rings. The summed E-state index contributed by atoms with van der Waals surface area (Å²) in [5.41, 5.74) is 4.48. The maximum atomic E-state index is 13.4. The third-order valence-corrected chi connectivity index (χ3v) is 9.61. The van der Waals surface area contributed by atoms with E-state index in [0.717, 1.165) is 58.6 Å². The first kappa shape index (κ1) is 30.2. The van der Waals surface area contributed by atoms with Crippen LogP contribution in [0.5, 0.6) is 0 Å². The van der Waals surface area contributed by atoms with Crippen LogP contribution in [0, 0.1) is 10.8 Å². The van der Waals surface area contributed by atoms with E-state index in [2.05, 4.69) is 55.0 Å². The summed E-state index contributed by atoms with van der Waals surface area (Å²) in [5.74, 6) is 0. The zero-order valence-corrected chi connectivity index (χ0v) is 25.7. The van der Waals surface area contributed by atoms with Gasteiger partial charge in [-0.15, -0.1) is 0 Å². The smallest absolute Gasteiger partial charge is 0.381 e. The van der Waals surface area contributed by atoms with Crippen LogP contribution in [-0.4, -0.2) is 23.8 Å². The molecule has 1 fully saturated rings. The third-order valence-electron chi connectivity index (χ3n) is 9.61. The molecule has 1 aliphatic carbocycles. The summed E-state index contributed by atoms with van der Waals surface area (Å²) in [7, 11) is 0. The van der Waals surface area contributed by atoms with Crippen LogP contribution in [0.25, 0.3) is 5.57 Å². The van der Waals surface area contributed by atoms with Gasteiger partial charge in [0.1, 0.15) is 6.10 Å². The van der Waals surface area contributed by atoms with Crippen LogP contribution < -0.4 is 0 Å². The molecule has 41 heavy (non-hydrogen) atoms. The van der Waals surface area contributed by atoms with Crippen LogP contribution >= 0.6 is 0 Å². The van der Waals surface area contributed by atoms with E-state index >= 15 is 0 Å². The highest BCUT2D eigenvalue weighted by Crippen LogP contribution is 2.59. The van der Waals surface area contributed by atoms with Crippen molar-refractivity contribution in [1.82, 2.24) is 4.98 Å². The van der Waals surface area contributed by atoms with Crippen molar-refractivity contribution in [2.75, 3.05) is 13.2 Å². The Morgan fingerprint density at radius 2 is 1.61 bits per heavy atom. The van der Waals surface area contributed by atoms with Crippen LogP contribution in [0.2, 0.25) is 0 Å². The number of ether oxygens (including phenoxy) is 3. The minimum absolute atomic E-state index is 0.0334. The van der Waals surface area contributed by atoms with Crippen LogP contribution in [0.4, 0.5) is 13.2 Å².